The number of benzene rings is 1. The summed E-state index contributed by atoms with van der Waals surface area (Å²) in [5.41, 5.74) is -1.01. The van der Waals surface area contributed by atoms with Gasteiger partial charge < -0.3 is 10.2 Å². The summed E-state index contributed by atoms with van der Waals surface area (Å²) in [5, 5.41) is 2.82. The molecule has 3 nitrogen and oxygen atoms in total. The maximum atomic E-state index is 13.1. The number of carbonyl (C=O) groups is 1. The summed E-state index contributed by atoms with van der Waals surface area (Å²) in [6.07, 6.45) is -3.27. The highest BCUT2D eigenvalue weighted by atomic mass is 35.5. The first kappa shape index (κ1) is 15.1. The van der Waals surface area contributed by atoms with Crippen molar-refractivity contribution >= 4 is 23.2 Å². The molecule has 20 heavy (non-hydrogen) atoms. The molecule has 1 aliphatic heterocycles. The van der Waals surface area contributed by atoms with Crippen LogP contribution in [-0.2, 0) is 11.0 Å². The van der Waals surface area contributed by atoms with Crippen molar-refractivity contribution in [3.8, 4) is 0 Å². The summed E-state index contributed by atoms with van der Waals surface area (Å²) in [6, 6.07) is 3.02. The summed E-state index contributed by atoms with van der Waals surface area (Å²) in [6.45, 7) is 0.279. The fourth-order valence-corrected chi connectivity index (χ4v) is 2.53. The van der Waals surface area contributed by atoms with Gasteiger partial charge in [-0.15, -0.1) is 0 Å². The number of piperidine rings is 1. The van der Waals surface area contributed by atoms with Crippen LogP contribution < -0.4 is 10.2 Å². The lowest BCUT2D eigenvalue weighted by atomic mass is 10.0. The van der Waals surface area contributed by atoms with E-state index in [-0.39, 0.29) is 23.2 Å². The molecule has 1 aromatic carbocycles. The summed E-state index contributed by atoms with van der Waals surface area (Å²) < 4.78 is 39.2. The van der Waals surface area contributed by atoms with E-state index in [1.807, 2.05) is 0 Å². The number of amides is 1. The molecule has 7 heteroatoms. The molecule has 0 saturated carbocycles. The Bertz CT molecular complexity index is 519. The van der Waals surface area contributed by atoms with E-state index in [2.05, 4.69) is 5.32 Å². The molecule has 1 saturated heterocycles. The van der Waals surface area contributed by atoms with E-state index in [1.165, 1.54) is 17.0 Å². The zero-order valence-electron chi connectivity index (χ0n) is 10.8. The van der Waals surface area contributed by atoms with E-state index in [0.29, 0.717) is 12.8 Å². The molecule has 1 amide bonds. The van der Waals surface area contributed by atoms with Crippen molar-refractivity contribution in [2.75, 3.05) is 18.5 Å². The Morgan fingerprint density at radius 1 is 1.40 bits per heavy atom. The number of alkyl halides is 3. The molecular formula is C13H14ClF3N2O. The number of rotatable bonds is 2. The van der Waals surface area contributed by atoms with E-state index >= 15 is 0 Å². The van der Waals surface area contributed by atoms with Crippen molar-refractivity contribution in [2.24, 2.45) is 0 Å². The standard InChI is InChI=1S/C13H14ClF3N2O/c1-18-10-3-2-6-19(12(10)20)11-5-4-8(14)7-9(11)13(15,16)17/h4-5,7,10,18H,2-3,6H2,1H3. The first-order chi connectivity index (χ1) is 9.34. The van der Waals surface area contributed by atoms with Gasteiger partial charge in [-0.3, -0.25) is 4.79 Å². The van der Waals surface area contributed by atoms with Gasteiger partial charge in [-0.25, -0.2) is 0 Å². The minimum absolute atomic E-state index is 0.00398. The van der Waals surface area contributed by atoms with E-state index < -0.39 is 17.8 Å². The van der Waals surface area contributed by atoms with Crippen LogP contribution in [0.1, 0.15) is 18.4 Å². The first-order valence-electron chi connectivity index (χ1n) is 6.20. The van der Waals surface area contributed by atoms with Gasteiger partial charge in [0.15, 0.2) is 0 Å². The molecule has 1 aliphatic rings. The predicted octanol–water partition coefficient (Wildman–Crippen LogP) is 3.07. The largest absolute Gasteiger partial charge is 0.418 e. The van der Waals surface area contributed by atoms with Crippen molar-refractivity contribution in [1.29, 1.82) is 0 Å². The van der Waals surface area contributed by atoms with Gasteiger partial charge in [0.2, 0.25) is 5.91 Å². The topological polar surface area (TPSA) is 32.3 Å². The van der Waals surface area contributed by atoms with E-state index in [4.69, 9.17) is 11.6 Å². The third-order valence-electron chi connectivity index (χ3n) is 3.34. The maximum Gasteiger partial charge on any atom is 0.418 e. The van der Waals surface area contributed by atoms with Crippen molar-refractivity contribution in [1.82, 2.24) is 5.32 Å². The molecule has 110 valence electrons. The molecular weight excluding hydrogens is 293 g/mol. The predicted molar refractivity (Wildman–Crippen MR) is 70.9 cm³/mol. The number of likely N-dealkylation sites (N-methyl/N-ethyl adjacent to an activating group) is 1. The van der Waals surface area contributed by atoms with Crippen LogP contribution in [0.25, 0.3) is 0 Å². The smallest absolute Gasteiger partial charge is 0.310 e. The normalized spacial score (nSPS) is 20.4. The number of carbonyl (C=O) groups excluding carboxylic acids is 1. The molecule has 0 spiro atoms. The van der Waals surface area contributed by atoms with Crippen LogP contribution in [0.2, 0.25) is 5.02 Å². The Kier molecular flexibility index (Phi) is 4.25. The number of hydrogen-bond acceptors (Lipinski definition) is 2. The molecule has 2 rings (SSSR count). The summed E-state index contributed by atoms with van der Waals surface area (Å²) in [7, 11) is 1.62. The highest BCUT2D eigenvalue weighted by Gasteiger charge is 2.38. The van der Waals surface area contributed by atoms with Crippen molar-refractivity contribution in [3.63, 3.8) is 0 Å². The van der Waals surface area contributed by atoms with Gasteiger partial charge in [0, 0.05) is 11.6 Å². The van der Waals surface area contributed by atoms with Gasteiger partial charge in [-0.05, 0) is 38.1 Å². The van der Waals surface area contributed by atoms with E-state index in [0.717, 1.165) is 6.07 Å². The van der Waals surface area contributed by atoms with Gasteiger partial charge in [-0.1, -0.05) is 11.6 Å². The van der Waals surface area contributed by atoms with E-state index in [1.54, 1.807) is 7.05 Å². The molecule has 1 N–H and O–H groups in total. The minimum atomic E-state index is -4.55. The van der Waals surface area contributed by atoms with Crippen molar-refractivity contribution in [2.45, 2.75) is 25.1 Å². The van der Waals surface area contributed by atoms with Crippen LogP contribution in [0, 0.1) is 0 Å². The second kappa shape index (κ2) is 5.61. The lowest BCUT2D eigenvalue weighted by Crippen LogP contribution is -2.50. The molecule has 0 aromatic heterocycles. The Morgan fingerprint density at radius 2 is 2.10 bits per heavy atom. The maximum absolute atomic E-state index is 13.1. The molecule has 1 unspecified atom stereocenters. The molecule has 1 atom stereocenters. The molecule has 0 aliphatic carbocycles. The van der Waals surface area contributed by atoms with Crippen LogP contribution in [0.15, 0.2) is 18.2 Å². The van der Waals surface area contributed by atoms with Crippen LogP contribution in [-0.4, -0.2) is 25.5 Å². The second-order valence-corrected chi connectivity index (χ2v) is 5.07. The Labute approximate surface area is 119 Å². The van der Waals surface area contributed by atoms with Crippen molar-refractivity contribution < 1.29 is 18.0 Å². The van der Waals surface area contributed by atoms with Gasteiger partial charge in [0.25, 0.3) is 0 Å². The fourth-order valence-electron chi connectivity index (χ4n) is 2.35. The molecule has 1 heterocycles. The lowest BCUT2D eigenvalue weighted by Gasteiger charge is -2.33. The van der Waals surface area contributed by atoms with Gasteiger partial charge in [-0.2, -0.15) is 13.2 Å². The molecule has 1 fully saturated rings. The van der Waals surface area contributed by atoms with Gasteiger partial charge in [0.05, 0.1) is 17.3 Å². The number of nitrogens with zero attached hydrogens (tertiary/aromatic N) is 1. The van der Waals surface area contributed by atoms with Crippen LogP contribution in [0.4, 0.5) is 18.9 Å². The Balaban J connectivity index is 2.44. The van der Waals surface area contributed by atoms with Crippen LogP contribution in [0.3, 0.4) is 0 Å². The van der Waals surface area contributed by atoms with Crippen LogP contribution in [0.5, 0.6) is 0 Å². The zero-order chi connectivity index (χ0) is 14.9. The third kappa shape index (κ3) is 2.91. The Hall–Kier alpha value is -1.27. The average molecular weight is 307 g/mol. The number of halogens is 4. The molecule has 0 radical (unpaired) electrons. The van der Waals surface area contributed by atoms with Crippen molar-refractivity contribution in [3.05, 3.63) is 28.8 Å². The third-order valence-corrected chi connectivity index (χ3v) is 3.58. The highest BCUT2D eigenvalue weighted by Crippen LogP contribution is 2.39. The SMILES string of the molecule is CNC1CCCN(c2ccc(Cl)cc2C(F)(F)F)C1=O. The monoisotopic (exact) mass is 306 g/mol. The molecule has 0 bridgehead atoms. The molecule has 1 aromatic rings. The average Bonchev–Trinajstić information content (AvgIpc) is 2.38. The number of nitrogens with one attached hydrogen (secondary N) is 1. The number of hydrogen-bond donors (Lipinski definition) is 1. The minimum Gasteiger partial charge on any atom is -0.310 e. The van der Waals surface area contributed by atoms with Gasteiger partial charge in [0.1, 0.15) is 0 Å². The number of anilines is 1. The second-order valence-electron chi connectivity index (χ2n) is 4.63. The van der Waals surface area contributed by atoms with Crippen LogP contribution >= 0.6 is 11.6 Å². The summed E-state index contributed by atoms with van der Waals surface area (Å²) in [4.78, 5) is 13.4. The fraction of sp³-hybridized carbons (Fsp3) is 0.462. The van der Waals surface area contributed by atoms with E-state index in [9.17, 15) is 18.0 Å². The zero-order valence-corrected chi connectivity index (χ0v) is 11.6. The summed E-state index contributed by atoms with van der Waals surface area (Å²) >= 11 is 5.64. The lowest BCUT2D eigenvalue weighted by molar-refractivity contribution is -0.137. The van der Waals surface area contributed by atoms with Gasteiger partial charge >= 0.3 is 6.18 Å². The quantitative estimate of drug-likeness (QED) is 0.911. The summed E-state index contributed by atoms with van der Waals surface area (Å²) in [5.74, 6) is -0.341. The Morgan fingerprint density at radius 3 is 2.70 bits per heavy atom. The first-order valence-corrected chi connectivity index (χ1v) is 6.58. The highest BCUT2D eigenvalue weighted by molar-refractivity contribution is 6.30.